The van der Waals surface area contributed by atoms with E-state index in [2.05, 4.69) is 10.4 Å². The van der Waals surface area contributed by atoms with E-state index in [0.717, 1.165) is 0 Å². The number of carbonyl (C=O) groups is 1. The molecule has 0 unspecified atom stereocenters. The molecule has 2 aromatic heterocycles. The van der Waals surface area contributed by atoms with Gasteiger partial charge in [0.2, 0.25) is 5.91 Å². The molecule has 1 saturated heterocycles. The van der Waals surface area contributed by atoms with Crippen LogP contribution in [0.5, 0.6) is 17.4 Å². The number of nitrogens with zero attached hydrogens (tertiary/aromatic N) is 3. The molecule has 1 fully saturated rings. The largest absolute Gasteiger partial charge is 0.494 e. The fraction of sp³-hybridized carbons (Fsp3) is 0.462. The zero-order valence-electron chi connectivity index (χ0n) is 21.2. The Morgan fingerprint density at radius 1 is 1.36 bits per heavy atom. The summed E-state index contributed by atoms with van der Waals surface area (Å²) in [6.45, 7) is 10.3. The van der Waals surface area contributed by atoms with E-state index in [1.807, 2.05) is 27.7 Å². The summed E-state index contributed by atoms with van der Waals surface area (Å²) in [5.74, 6) is -0.786. The van der Waals surface area contributed by atoms with Crippen molar-refractivity contribution in [1.29, 1.82) is 0 Å². The maximum absolute atomic E-state index is 14.4. The second kappa shape index (κ2) is 10.3. The van der Waals surface area contributed by atoms with Crippen molar-refractivity contribution in [3.63, 3.8) is 0 Å². The number of carbonyl (C=O) groups excluding carboxylic acids is 1. The van der Waals surface area contributed by atoms with Gasteiger partial charge in [-0.3, -0.25) is 9.48 Å². The standard InChI is InChI=1S/C26H33FN4O5/c1-16(2)11-20(31-14-18(12-23(31)32)35-21-8-6-7-17(3)24(21)27)25(33)28-22-9-10-30(29-22)13-19-15-34-26(4,5)36-19/h6-10,12,14,16,19-20,32H,11,13,15H2,1-5H3,(H,28,29,33)/t19-,20+/m1/s1. The van der Waals surface area contributed by atoms with Crippen molar-refractivity contribution < 1.29 is 28.5 Å². The number of anilines is 1. The highest BCUT2D eigenvalue weighted by Gasteiger charge is 2.33. The summed E-state index contributed by atoms with van der Waals surface area (Å²) >= 11 is 0. The summed E-state index contributed by atoms with van der Waals surface area (Å²) in [7, 11) is 0. The van der Waals surface area contributed by atoms with E-state index in [4.69, 9.17) is 14.2 Å². The van der Waals surface area contributed by atoms with Crippen LogP contribution in [0.25, 0.3) is 0 Å². The van der Waals surface area contributed by atoms with Crippen LogP contribution in [0.3, 0.4) is 0 Å². The van der Waals surface area contributed by atoms with Gasteiger partial charge in [-0.1, -0.05) is 26.0 Å². The minimum Gasteiger partial charge on any atom is -0.494 e. The first kappa shape index (κ1) is 25.7. The van der Waals surface area contributed by atoms with Gasteiger partial charge in [0.25, 0.3) is 0 Å². The van der Waals surface area contributed by atoms with Crippen molar-refractivity contribution in [2.45, 2.75) is 65.5 Å². The molecule has 1 aliphatic heterocycles. The van der Waals surface area contributed by atoms with Crippen LogP contribution in [0, 0.1) is 18.7 Å². The van der Waals surface area contributed by atoms with Gasteiger partial charge in [0.05, 0.1) is 19.3 Å². The zero-order chi connectivity index (χ0) is 26.0. The van der Waals surface area contributed by atoms with Crippen molar-refractivity contribution in [1.82, 2.24) is 14.3 Å². The Morgan fingerprint density at radius 3 is 2.83 bits per heavy atom. The van der Waals surface area contributed by atoms with Gasteiger partial charge in [0.15, 0.2) is 29.1 Å². The van der Waals surface area contributed by atoms with Crippen LogP contribution in [-0.2, 0) is 20.8 Å². The topological polar surface area (TPSA) is 99.8 Å². The molecular formula is C26H33FN4O5. The van der Waals surface area contributed by atoms with Gasteiger partial charge < -0.3 is 29.2 Å². The average molecular weight is 501 g/mol. The lowest BCUT2D eigenvalue weighted by Gasteiger charge is -2.20. The normalized spacial score (nSPS) is 17.9. The molecule has 194 valence electrons. The summed E-state index contributed by atoms with van der Waals surface area (Å²) in [5, 5.41) is 17.9. The summed E-state index contributed by atoms with van der Waals surface area (Å²) < 4.78 is 34.6. The Balaban J connectivity index is 1.47. The number of hydrogen-bond donors (Lipinski definition) is 2. The lowest BCUT2D eigenvalue weighted by molar-refractivity contribution is -0.139. The van der Waals surface area contributed by atoms with Gasteiger partial charge in [-0.15, -0.1) is 0 Å². The number of ether oxygens (including phenoxy) is 3. The summed E-state index contributed by atoms with van der Waals surface area (Å²) in [6, 6.07) is 7.17. The highest BCUT2D eigenvalue weighted by molar-refractivity contribution is 5.93. The predicted octanol–water partition coefficient (Wildman–Crippen LogP) is 5.01. The Labute approximate surface area is 209 Å². The second-order valence-electron chi connectivity index (χ2n) is 9.94. The van der Waals surface area contributed by atoms with Crippen LogP contribution in [0.2, 0.25) is 0 Å². The predicted molar refractivity (Wildman–Crippen MR) is 132 cm³/mol. The van der Waals surface area contributed by atoms with Crippen molar-refractivity contribution in [2.24, 2.45) is 5.92 Å². The number of nitrogens with one attached hydrogen (secondary N) is 1. The molecule has 0 bridgehead atoms. The maximum Gasteiger partial charge on any atom is 0.248 e. The first-order valence-corrected chi connectivity index (χ1v) is 12.0. The molecule has 0 radical (unpaired) electrons. The van der Waals surface area contributed by atoms with E-state index in [-0.39, 0.29) is 35.3 Å². The van der Waals surface area contributed by atoms with Gasteiger partial charge in [-0.05, 0) is 44.7 Å². The second-order valence-corrected chi connectivity index (χ2v) is 9.94. The van der Waals surface area contributed by atoms with Gasteiger partial charge in [-0.2, -0.15) is 5.10 Å². The molecule has 1 aromatic carbocycles. The highest BCUT2D eigenvalue weighted by atomic mass is 19.1. The average Bonchev–Trinajstić information content (AvgIpc) is 3.48. The van der Waals surface area contributed by atoms with E-state index in [0.29, 0.717) is 31.0 Å². The molecule has 0 aliphatic carbocycles. The lowest BCUT2D eigenvalue weighted by Crippen LogP contribution is -2.27. The minimum absolute atomic E-state index is 0.0441. The van der Waals surface area contributed by atoms with Crippen LogP contribution in [0.15, 0.2) is 42.7 Å². The molecule has 1 amide bonds. The molecule has 0 spiro atoms. The SMILES string of the molecule is Cc1cccc(Oc2cc(O)n([C@@H](CC(C)C)C(=O)Nc3ccn(C[C@@H]4COC(C)(C)O4)n3)c2)c1F. The summed E-state index contributed by atoms with van der Waals surface area (Å²) in [6.07, 6.45) is 3.58. The molecule has 10 heteroatoms. The molecule has 4 rings (SSSR count). The van der Waals surface area contributed by atoms with Gasteiger partial charge >= 0.3 is 0 Å². The third kappa shape index (κ3) is 6.06. The van der Waals surface area contributed by atoms with E-state index in [1.165, 1.54) is 22.9 Å². The monoisotopic (exact) mass is 500 g/mol. The first-order chi connectivity index (χ1) is 17.0. The number of amides is 1. The molecule has 3 aromatic rings. The van der Waals surface area contributed by atoms with Crippen molar-refractivity contribution in [3.8, 4) is 17.4 Å². The smallest absolute Gasteiger partial charge is 0.248 e. The number of aromatic nitrogens is 3. The lowest BCUT2D eigenvalue weighted by atomic mass is 10.0. The van der Waals surface area contributed by atoms with E-state index in [9.17, 15) is 14.3 Å². The number of aromatic hydroxyl groups is 1. The molecule has 3 heterocycles. The van der Waals surface area contributed by atoms with Crippen molar-refractivity contribution in [2.75, 3.05) is 11.9 Å². The molecule has 0 saturated carbocycles. The number of hydrogen-bond acceptors (Lipinski definition) is 6. The van der Waals surface area contributed by atoms with Gasteiger partial charge in [0, 0.05) is 18.3 Å². The molecule has 9 nitrogen and oxygen atoms in total. The quantitative estimate of drug-likeness (QED) is 0.429. The van der Waals surface area contributed by atoms with Crippen molar-refractivity contribution in [3.05, 3.63) is 54.1 Å². The van der Waals surface area contributed by atoms with Crippen LogP contribution in [-0.4, -0.2) is 43.9 Å². The zero-order valence-corrected chi connectivity index (χ0v) is 21.2. The van der Waals surface area contributed by atoms with Gasteiger partial charge in [-0.25, -0.2) is 4.39 Å². The Morgan fingerprint density at radius 2 is 2.14 bits per heavy atom. The fourth-order valence-electron chi connectivity index (χ4n) is 4.17. The van der Waals surface area contributed by atoms with Crippen LogP contribution in [0.4, 0.5) is 10.2 Å². The maximum atomic E-state index is 14.4. The van der Waals surface area contributed by atoms with E-state index < -0.39 is 17.6 Å². The number of rotatable bonds is 9. The Bertz CT molecular complexity index is 1220. The molecular weight excluding hydrogens is 467 g/mol. The van der Waals surface area contributed by atoms with Crippen molar-refractivity contribution >= 4 is 11.7 Å². The number of aryl methyl sites for hydroxylation is 1. The van der Waals surface area contributed by atoms with Crippen LogP contribution >= 0.6 is 0 Å². The fourth-order valence-corrected chi connectivity index (χ4v) is 4.17. The minimum atomic E-state index is -0.734. The molecule has 2 N–H and O–H groups in total. The van der Waals surface area contributed by atoms with Crippen LogP contribution < -0.4 is 10.1 Å². The third-order valence-corrected chi connectivity index (χ3v) is 5.87. The van der Waals surface area contributed by atoms with Gasteiger partial charge in [0.1, 0.15) is 17.9 Å². The van der Waals surface area contributed by atoms with Crippen LogP contribution in [0.1, 0.15) is 45.7 Å². The summed E-state index contributed by atoms with van der Waals surface area (Å²) in [4.78, 5) is 13.3. The Kier molecular flexibility index (Phi) is 7.37. The van der Waals surface area contributed by atoms with E-state index >= 15 is 0 Å². The Hall–Kier alpha value is -3.37. The summed E-state index contributed by atoms with van der Waals surface area (Å²) in [5.41, 5.74) is 0.448. The first-order valence-electron chi connectivity index (χ1n) is 12.0. The molecule has 2 atom stereocenters. The molecule has 36 heavy (non-hydrogen) atoms. The third-order valence-electron chi connectivity index (χ3n) is 5.87. The van der Waals surface area contributed by atoms with E-state index in [1.54, 1.807) is 36.0 Å². The number of benzene rings is 1. The number of halogens is 1. The highest BCUT2D eigenvalue weighted by Crippen LogP contribution is 2.34. The molecule has 1 aliphatic rings.